The van der Waals surface area contributed by atoms with Crippen molar-refractivity contribution in [3.05, 3.63) is 47.6 Å². The molecule has 1 spiro atoms. The highest BCUT2D eigenvalue weighted by Crippen LogP contribution is 2.46. The summed E-state index contributed by atoms with van der Waals surface area (Å²) in [6.45, 7) is 5.67. The molecule has 2 aliphatic heterocycles. The van der Waals surface area contributed by atoms with Crippen LogP contribution in [0.3, 0.4) is 0 Å². The standard InChI is InChI=1S/C17H21N3O2S/c1-13-6-15(19-22-13)8-20-11-17(12-20)7-16(10-23-17)21-9-14-4-2-3-5-18-14/h2-6,16H,7-12H2,1H3/t16-/m0/s1. The normalized spacial score (nSPS) is 23.3. The van der Waals surface area contributed by atoms with Crippen LogP contribution in [0.25, 0.3) is 0 Å². The van der Waals surface area contributed by atoms with Gasteiger partial charge in [-0.2, -0.15) is 0 Å². The fourth-order valence-corrected chi connectivity index (χ4v) is 5.02. The van der Waals surface area contributed by atoms with E-state index < -0.39 is 0 Å². The van der Waals surface area contributed by atoms with Crippen LogP contribution < -0.4 is 0 Å². The zero-order valence-corrected chi connectivity index (χ0v) is 14.1. The smallest absolute Gasteiger partial charge is 0.133 e. The summed E-state index contributed by atoms with van der Waals surface area (Å²) in [5, 5.41) is 4.08. The van der Waals surface area contributed by atoms with Gasteiger partial charge in [0.15, 0.2) is 0 Å². The van der Waals surface area contributed by atoms with Gasteiger partial charge in [0.05, 0.1) is 24.1 Å². The van der Waals surface area contributed by atoms with Crippen LogP contribution in [0, 0.1) is 6.92 Å². The molecule has 2 aromatic heterocycles. The lowest BCUT2D eigenvalue weighted by Gasteiger charge is -2.47. The average Bonchev–Trinajstić information content (AvgIpc) is 3.13. The number of aromatic nitrogens is 2. The van der Waals surface area contributed by atoms with E-state index in [9.17, 15) is 0 Å². The number of rotatable bonds is 5. The lowest BCUT2D eigenvalue weighted by Crippen LogP contribution is -2.58. The van der Waals surface area contributed by atoms with Crippen LogP contribution in [-0.4, -0.2) is 44.7 Å². The summed E-state index contributed by atoms with van der Waals surface area (Å²) < 4.78 is 11.6. The van der Waals surface area contributed by atoms with E-state index in [4.69, 9.17) is 9.26 Å². The fourth-order valence-electron chi connectivity index (χ4n) is 3.42. The van der Waals surface area contributed by atoms with Crippen LogP contribution in [-0.2, 0) is 17.9 Å². The van der Waals surface area contributed by atoms with Crippen molar-refractivity contribution >= 4 is 11.8 Å². The molecule has 5 nitrogen and oxygen atoms in total. The van der Waals surface area contributed by atoms with E-state index in [2.05, 4.69) is 26.8 Å². The minimum Gasteiger partial charge on any atom is -0.371 e. The average molecular weight is 331 g/mol. The van der Waals surface area contributed by atoms with Crippen LogP contribution in [0.4, 0.5) is 0 Å². The Labute approximate surface area is 140 Å². The minimum atomic E-state index is 0.346. The summed E-state index contributed by atoms with van der Waals surface area (Å²) in [7, 11) is 0. The van der Waals surface area contributed by atoms with E-state index in [1.807, 2.05) is 37.4 Å². The molecule has 0 unspecified atom stereocenters. The molecule has 1 atom stereocenters. The topological polar surface area (TPSA) is 51.4 Å². The Bertz CT molecular complexity index is 655. The van der Waals surface area contributed by atoms with Gasteiger partial charge in [-0.05, 0) is 25.5 Å². The third kappa shape index (κ3) is 3.44. The molecule has 0 amide bonds. The van der Waals surface area contributed by atoms with Crippen molar-refractivity contribution in [1.82, 2.24) is 15.0 Å². The largest absolute Gasteiger partial charge is 0.371 e. The molecule has 0 aromatic carbocycles. The quantitative estimate of drug-likeness (QED) is 0.839. The predicted octanol–water partition coefficient (Wildman–Crippen LogP) is 2.65. The fraction of sp³-hybridized carbons (Fsp3) is 0.529. The molecular formula is C17H21N3O2S. The van der Waals surface area contributed by atoms with Crippen molar-refractivity contribution in [2.45, 2.75) is 37.3 Å². The van der Waals surface area contributed by atoms with Crippen molar-refractivity contribution in [2.75, 3.05) is 18.8 Å². The summed E-state index contributed by atoms with van der Waals surface area (Å²) in [6.07, 6.45) is 3.30. The monoisotopic (exact) mass is 331 g/mol. The van der Waals surface area contributed by atoms with Crippen LogP contribution in [0.1, 0.15) is 23.6 Å². The summed E-state index contributed by atoms with van der Waals surface area (Å²) in [5.41, 5.74) is 2.04. The van der Waals surface area contributed by atoms with Gasteiger partial charge in [-0.15, -0.1) is 11.8 Å². The first-order valence-corrected chi connectivity index (χ1v) is 8.99. The molecule has 23 heavy (non-hydrogen) atoms. The molecule has 0 radical (unpaired) electrons. The zero-order valence-electron chi connectivity index (χ0n) is 13.3. The first kappa shape index (κ1) is 15.2. The molecule has 0 aliphatic carbocycles. The Morgan fingerprint density at radius 2 is 2.30 bits per heavy atom. The number of aryl methyl sites for hydroxylation is 1. The van der Waals surface area contributed by atoms with Gasteiger partial charge >= 0.3 is 0 Å². The van der Waals surface area contributed by atoms with Crippen LogP contribution in [0.5, 0.6) is 0 Å². The van der Waals surface area contributed by atoms with E-state index in [1.54, 1.807) is 0 Å². The van der Waals surface area contributed by atoms with Gasteiger partial charge in [0.2, 0.25) is 0 Å². The van der Waals surface area contributed by atoms with Gasteiger partial charge in [-0.25, -0.2) is 0 Å². The van der Waals surface area contributed by atoms with Gasteiger partial charge in [0.25, 0.3) is 0 Å². The summed E-state index contributed by atoms with van der Waals surface area (Å²) in [5.74, 6) is 1.97. The molecule has 2 aliphatic rings. The maximum Gasteiger partial charge on any atom is 0.133 e. The van der Waals surface area contributed by atoms with E-state index in [1.165, 1.54) is 0 Å². The number of hydrogen-bond donors (Lipinski definition) is 0. The second kappa shape index (κ2) is 6.26. The van der Waals surface area contributed by atoms with E-state index in [0.29, 0.717) is 17.5 Å². The number of pyridine rings is 1. The van der Waals surface area contributed by atoms with Crippen LogP contribution in [0.15, 0.2) is 35.0 Å². The van der Waals surface area contributed by atoms with Crippen molar-refractivity contribution in [2.24, 2.45) is 0 Å². The molecule has 122 valence electrons. The van der Waals surface area contributed by atoms with Gasteiger partial charge in [0.1, 0.15) is 5.76 Å². The molecule has 2 aromatic rings. The third-order valence-corrected chi connectivity index (χ3v) is 6.03. The van der Waals surface area contributed by atoms with Gasteiger partial charge < -0.3 is 9.26 Å². The molecule has 0 bridgehead atoms. The predicted molar refractivity (Wildman–Crippen MR) is 89.1 cm³/mol. The Hall–Kier alpha value is -1.37. The third-order valence-electron chi connectivity index (χ3n) is 4.45. The van der Waals surface area contributed by atoms with Crippen LogP contribution >= 0.6 is 11.8 Å². The number of likely N-dealkylation sites (tertiary alicyclic amines) is 1. The lowest BCUT2D eigenvalue weighted by atomic mass is 9.93. The summed E-state index contributed by atoms with van der Waals surface area (Å²) in [6, 6.07) is 7.98. The molecule has 2 saturated heterocycles. The van der Waals surface area contributed by atoms with Gasteiger partial charge in [-0.1, -0.05) is 11.2 Å². The molecular weight excluding hydrogens is 310 g/mol. The van der Waals surface area contributed by atoms with Crippen molar-refractivity contribution in [3.8, 4) is 0 Å². The molecule has 0 saturated carbocycles. The molecule has 6 heteroatoms. The molecule has 4 heterocycles. The highest BCUT2D eigenvalue weighted by molar-refractivity contribution is 8.01. The number of nitrogens with zero attached hydrogens (tertiary/aromatic N) is 3. The minimum absolute atomic E-state index is 0.346. The SMILES string of the molecule is Cc1cc(CN2CC3(C[C@H](OCc4ccccn4)CS3)C2)no1. The number of thioether (sulfide) groups is 1. The van der Waals surface area contributed by atoms with Gasteiger partial charge in [0, 0.05) is 42.4 Å². The van der Waals surface area contributed by atoms with Crippen LogP contribution in [0.2, 0.25) is 0 Å². The van der Waals surface area contributed by atoms with E-state index in [0.717, 1.165) is 49.0 Å². The Balaban J connectivity index is 1.23. The second-order valence-corrected chi connectivity index (χ2v) is 8.01. The van der Waals surface area contributed by atoms with Crippen molar-refractivity contribution in [3.63, 3.8) is 0 Å². The first-order valence-electron chi connectivity index (χ1n) is 8.01. The Morgan fingerprint density at radius 3 is 3.04 bits per heavy atom. The Kier molecular flexibility index (Phi) is 4.13. The van der Waals surface area contributed by atoms with Crippen molar-refractivity contribution < 1.29 is 9.26 Å². The maximum atomic E-state index is 6.05. The Morgan fingerprint density at radius 1 is 1.39 bits per heavy atom. The second-order valence-electron chi connectivity index (χ2n) is 6.53. The molecule has 2 fully saturated rings. The van der Waals surface area contributed by atoms with Crippen molar-refractivity contribution in [1.29, 1.82) is 0 Å². The number of hydrogen-bond acceptors (Lipinski definition) is 6. The van der Waals surface area contributed by atoms with E-state index >= 15 is 0 Å². The zero-order chi connectivity index (χ0) is 15.7. The highest BCUT2D eigenvalue weighted by Gasteiger charge is 2.49. The highest BCUT2D eigenvalue weighted by atomic mass is 32.2. The summed E-state index contributed by atoms with van der Waals surface area (Å²) in [4.78, 5) is 6.75. The lowest BCUT2D eigenvalue weighted by molar-refractivity contribution is 0.0246. The first-order chi connectivity index (χ1) is 11.2. The molecule has 4 rings (SSSR count). The van der Waals surface area contributed by atoms with Gasteiger partial charge in [-0.3, -0.25) is 9.88 Å². The number of ether oxygens (including phenoxy) is 1. The van der Waals surface area contributed by atoms with E-state index in [-0.39, 0.29) is 0 Å². The maximum absolute atomic E-state index is 6.05. The summed E-state index contributed by atoms with van der Waals surface area (Å²) >= 11 is 2.06. The molecule has 0 N–H and O–H groups in total.